The van der Waals surface area contributed by atoms with Gasteiger partial charge in [0.25, 0.3) is 5.91 Å². The second kappa shape index (κ2) is 7.62. The van der Waals surface area contributed by atoms with Crippen LogP contribution in [-0.2, 0) is 10.2 Å². The Bertz CT molecular complexity index is 970. The maximum atomic E-state index is 12.3. The molecule has 0 radical (unpaired) electrons. The number of benzene rings is 3. The minimum atomic E-state index is -0.220. The minimum absolute atomic E-state index is 0.0600. The first-order chi connectivity index (χ1) is 12.9. The summed E-state index contributed by atoms with van der Waals surface area (Å²) in [5.74, 6) is 0.449. The van der Waals surface area contributed by atoms with Crippen molar-refractivity contribution in [3.05, 3.63) is 71.8 Å². The van der Waals surface area contributed by atoms with Gasteiger partial charge in [0.1, 0.15) is 5.75 Å². The van der Waals surface area contributed by atoms with Gasteiger partial charge in [-0.25, -0.2) is 0 Å². The number of hydrogen-bond donors (Lipinski definition) is 2. The molecule has 0 unspecified atom stereocenters. The van der Waals surface area contributed by atoms with Crippen LogP contribution in [-0.4, -0.2) is 18.7 Å². The zero-order valence-corrected chi connectivity index (χ0v) is 15.9. The number of carbonyl (C=O) groups excluding carboxylic acids is 1. The van der Waals surface area contributed by atoms with E-state index in [9.17, 15) is 4.79 Å². The molecule has 4 heteroatoms. The lowest BCUT2D eigenvalue weighted by Gasteiger charge is -2.19. The molecule has 0 saturated carbocycles. The fourth-order valence-corrected chi connectivity index (χ4v) is 2.94. The van der Waals surface area contributed by atoms with Crippen LogP contribution < -0.4 is 10.1 Å². The lowest BCUT2D eigenvalue weighted by Crippen LogP contribution is -2.20. The van der Waals surface area contributed by atoms with Crippen molar-refractivity contribution in [1.29, 1.82) is 5.41 Å². The molecule has 2 N–H and O–H groups in total. The first-order valence-corrected chi connectivity index (χ1v) is 8.94. The molecule has 138 valence electrons. The standard InChI is InChI=1S/C23H24N2O2/c1-23(2,3)17-9-11-18(12-10-17)27-15-22(26)25-21-13-8-16(14-24)19-6-4-5-7-20(19)21/h4-14,24H,15H2,1-3H3,(H,25,26). The highest BCUT2D eigenvalue weighted by Crippen LogP contribution is 2.26. The van der Waals surface area contributed by atoms with Crippen molar-refractivity contribution in [3.8, 4) is 5.75 Å². The molecule has 3 rings (SSSR count). The van der Waals surface area contributed by atoms with E-state index in [-0.39, 0.29) is 17.9 Å². The van der Waals surface area contributed by atoms with Gasteiger partial charge < -0.3 is 15.5 Å². The van der Waals surface area contributed by atoms with E-state index in [1.165, 1.54) is 11.8 Å². The topological polar surface area (TPSA) is 62.2 Å². The number of anilines is 1. The number of amides is 1. The van der Waals surface area contributed by atoms with E-state index in [4.69, 9.17) is 10.1 Å². The molecule has 4 nitrogen and oxygen atoms in total. The molecular formula is C23H24N2O2. The number of rotatable bonds is 5. The second-order valence-electron chi connectivity index (χ2n) is 7.50. The maximum absolute atomic E-state index is 12.3. The van der Waals surface area contributed by atoms with Gasteiger partial charge in [0.05, 0.1) is 0 Å². The number of carbonyl (C=O) groups is 1. The van der Waals surface area contributed by atoms with Crippen molar-refractivity contribution in [2.24, 2.45) is 0 Å². The van der Waals surface area contributed by atoms with E-state index in [0.717, 1.165) is 16.3 Å². The highest BCUT2D eigenvalue weighted by molar-refractivity contribution is 6.08. The average molecular weight is 360 g/mol. The van der Waals surface area contributed by atoms with Gasteiger partial charge in [0, 0.05) is 17.3 Å². The fraction of sp³-hybridized carbons (Fsp3) is 0.217. The maximum Gasteiger partial charge on any atom is 0.262 e. The van der Waals surface area contributed by atoms with Crippen molar-refractivity contribution in [3.63, 3.8) is 0 Å². The molecule has 1 amide bonds. The summed E-state index contributed by atoms with van der Waals surface area (Å²) in [4.78, 5) is 12.3. The molecule has 0 atom stereocenters. The third kappa shape index (κ3) is 4.34. The Hall–Kier alpha value is -3.14. The summed E-state index contributed by atoms with van der Waals surface area (Å²) in [5.41, 5.74) is 2.84. The average Bonchev–Trinajstić information content (AvgIpc) is 2.66. The summed E-state index contributed by atoms with van der Waals surface area (Å²) in [5, 5.41) is 12.3. The van der Waals surface area contributed by atoms with Crippen molar-refractivity contribution in [2.75, 3.05) is 11.9 Å². The first-order valence-electron chi connectivity index (χ1n) is 8.94. The lowest BCUT2D eigenvalue weighted by atomic mass is 9.87. The molecule has 0 aliphatic heterocycles. The third-order valence-corrected chi connectivity index (χ3v) is 4.48. The van der Waals surface area contributed by atoms with Crippen LogP contribution in [0.3, 0.4) is 0 Å². The van der Waals surface area contributed by atoms with Crippen LogP contribution in [0.4, 0.5) is 5.69 Å². The summed E-state index contributed by atoms with van der Waals surface area (Å²) < 4.78 is 5.62. The molecule has 0 aliphatic carbocycles. The van der Waals surface area contributed by atoms with Crippen LogP contribution in [0.1, 0.15) is 31.9 Å². The molecule has 0 bridgehead atoms. The first kappa shape index (κ1) is 18.6. The Labute approximate surface area is 159 Å². The molecule has 0 spiro atoms. The Balaban J connectivity index is 1.68. The minimum Gasteiger partial charge on any atom is -0.484 e. The molecule has 27 heavy (non-hydrogen) atoms. The Morgan fingerprint density at radius 1 is 1.00 bits per heavy atom. The fourth-order valence-electron chi connectivity index (χ4n) is 2.94. The highest BCUT2D eigenvalue weighted by atomic mass is 16.5. The molecule has 3 aromatic carbocycles. The van der Waals surface area contributed by atoms with Crippen molar-refractivity contribution >= 4 is 28.6 Å². The van der Waals surface area contributed by atoms with E-state index >= 15 is 0 Å². The van der Waals surface area contributed by atoms with Crippen LogP contribution in [0.5, 0.6) is 5.75 Å². The summed E-state index contributed by atoms with van der Waals surface area (Å²) in [6, 6.07) is 19.2. The summed E-state index contributed by atoms with van der Waals surface area (Å²) in [6.07, 6.45) is 1.32. The van der Waals surface area contributed by atoms with Gasteiger partial charge in [-0.15, -0.1) is 0 Å². The Morgan fingerprint density at radius 2 is 1.67 bits per heavy atom. The second-order valence-corrected chi connectivity index (χ2v) is 7.50. The van der Waals surface area contributed by atoms with Crippen LogP contribution in [0.2, 0.25) is 0 Å². The van der Waals surface area contributed by atoms with Crippen molar-refractivity contribution in [2.45, 2.75) is 26.2 Å². The zero-order valence-electron chi connectivity index (χ0n) is 15.9. The molecule has 0 fully saturated rings. The molecule has 0 aromatic heterocycles. The van der Waals surface area contributed by atoms with Gasteiger partial charge in [-0.2, -0.15) is 0 Å². The quantitative estimate of drug-likeness (QED) is 0.618. The van der Waals surface area contributed by atoms with E-state index in [1.807, 2.05) is 60.7 Å². The van der Waals surface area contributed by atoms with Gasteiger partial charge >= 0.3 is 0 Å². The van der Waals surface area contributed by atoms with Gasteiger partial charge in [-0.1, -0.05) is 63.2 Å². The normalized spacial score (nSPS) is 11.2. The summed E-state index contributed by atoms with van der Waals surface area (Å²) in [7, 11) is 0. The third-order valence-electron chi connectivity index (χ3n) is 4.48. The number of fused-ring (bicyclic) bond motifs is 1. The molecule has 0 aliphatic rings. The van der Waals surface area contributed by atoms with Gasteiger partial charge in [0.2, 0.25) is 0 Å². The molecular weight excluding hydrogens is 336 g/mol. The van der Waals surface area contributed by atoms with Crippen molar-refractivity contribution < 1.29 is 9.53 Å². The van der Waals surface area contributed by atoms with E-state index in [1.54, 1.807) is 0 Å². The van der Waals surface area contributed by atoms with E-state index in [0.29, 0.717) is 11.4 Å². The number of ether oxygens (including phenoxy) is 1. The van der Waals surface area contributed by atoms with Crippen LogP contribution in [0.15, 0.2) is 60.7 Å². The van der Waals surface area contributed by atoms with E-state index < -0.39 is 0 Å². The smallest absolute Gasteiger partial charge is 0.262 e. The monoisotopic (exact) mass is 360 g/mol. The predicted molar refractivity (Wildman–Crippen MR) is 111 cm³/mol. The predicted octanol–water partition coefficient (Wildman–Crippen LogP) is 5.15. The summed E-state index contributed by atoms with van der Waals surface area (Å²) in [6.45, 7) is 6.41. The van der Waals surface area contributed by atoms with Gasteiger partial charge in [-0.3, -0.25) is 4.79 Å². The molecule has 0 heterocycles. The van der Waals surface area contributed by atoms with E-state index in [2.05, 4.69) is 26.1 Å². The lowest BCUT2D eigenvalue weighted by molar-refractivity contribution is -0.118. The Morgan fingerprint density at radius 3 is 2.30 bits per heavy atom. The van der Waals surface area contributed by atoms with Crippen molar-refractivity contribution in [1.82, 2.24) is 0 Å². The SMILES string of the molecule is CC(C)(C)c1ccc(OCC(=O)Nc2ccc(C=N)c3ccccc23)cc1. The Kier molecular flexibility index (Phi) is 5.26. The van der Waals surface area contributed by atoms with Gasteiger partial charge in [-0.05, 0) is 40.1 Å². The number of nitrogens with one attached hydrogen (secondary N) is 2. The highest BCUT2D eigenvalue weighted by Gasteiger charge is 2.13. The van der Waals surface area contributed by atoms with Crippen LogP contribution in [0, 0.1) is 5.41 Å². The molecule has 3 aromatic rings. The van der Waals surface area contributed by atoms with Crippen LogP contribution in [0.25, 0.3) is 10.8 Å². The molecule has 0 saturated heterocycles. The summed E-state index contributed by atoms with van der Waals surface area (Å²) >= 11 is 0. The van der Waals surface area contributed by atoms with Gasteiger partial charge in [0.15, 0.2) is 6.61 Å². The zero-order chi connectivity index (χ0) is 19.4. The number of hydrogen-bond acceptors (Lipinski definition) is 3. The largest absolute Gasteiger partial charge is 0.484 e. The van der Waals surface area contributed by atoms with Crippen LogP contribution >= 0.6 is 0 Å².